The second kappa shape index (κ2) is 6.64. The van der Waals surface area contributed by atoms with E-state index < -0.39 is 17.9 Å². The predicted octanol–water partition coefficient (Wildman–Crippen LogP) is 1.35. The standard InChI is InChI=1S/C13H17NO4/c1-3-11(13(16)17)14-12(15)8-18-10-6-4-5-9(2)7-10/h4-7,11H,3,8H2,1-2H3,(H,14,15)(H,16,17)/t11-/m1/s1. The smallest absolute Gasteiger partial charge is 0.326 e. The third-order valence-electron chi connectivity index (χ3n) is 2.40. The van der Waals surface area contributed by atoms with Gasteiger partial charge in [-0.15, -0.1) is 0 Å². The Labute approximate surface area is 106 Å². The maximum atomic E-state index is 11.5. The number of carboxylic acids is 1. The van der Waals surface area contributed by atoms with Gasteiger partial charge in [0.25, 0.3) is 5.91 Å². The zero-order chi connectivity index (χ0) is 13.5. The van der Waals surface area contributed by atoms with E-state index in [4.69, 9.17) is 9.84 Å². The molecule has 0 fully saturated rings. The molecule has 2 N–H and O–H groups in total. The molecule has 98 valence electrons. The fourth-order valence-electron chi connectivity index (χ4n) is 1.43. The van der Waals surface area contributed by atoms with Crippen molar-refractivity contribution in [3.63, 3.8) is 0 Å². The molecule has 5 heteroatoms. The summed E-state index contributed by atoms with van der Waals surface area (Å²) >= 11 is 0. The van der Waals surface area contributed by atoms with E-state index >= 15 is 0 Å². The van der Waals surface area contributed by atoms with Gasteiger partial charge in [0.2, 0.25) is 0 Å². The summed E-state index contributed by atoms with van der Waals surface area (Å²) in [7, 11) is 0. The van der Waals surface area contributed by atoms with E-state index in [9.17, 15) is 9.59 Å². The highest BCUT2D eigenvalue weighted by atomic mass is 16.5. The van der Waals surface area contributed by atoms with Crippen LogP contribution in [0.1, 0.15) is 18.9 Å². The molecule has 18 heavy (non-hydrogen) atoms. The summed E-state index contributed by atoms with van der Waals surface area (Å²) in [6.45, 7) is 3.43. The van der Waals surface area contributed by atoms with Crippen LogP contribution in [0.15, 0.2) is 24.3 Å². The van der Waals surface area contributed by atoms with Gasteiger partial charge in [0.05, 0.1) is 0 Å². The minimum atomic E-state index is -1.04. The molecule has 1 aromatic rings. The maximum Gasteiger partial charge on any atom is 0.326 e. The van der Waals surface area contributed by atoms with Crippen molar-refractivity contribution >= 4 is 11.9 Å². The molecule has 0 aliphatic rings. The quantitative estimate of drug-likeness (QED) is 0.800. The molecule has 0 aliphatic carbocycles. The number of hydrogen-bond acceptors (Lipinski definition) is 3. The summed E-state index contributed by atoms with van der Waals surface area (Å²) < 4.78 is 5.27. The van der Waals surface area contributed by atoms with E-state index in [0.29, 0.717) is 12.2 Å². The monoisotopic (exact) mass is 251 g/mol. The Balaban J connectivity index is 2.44. The number of aryl methyl sites for hydroxylation is 1. The minimum Gasteiger partial charge on any atom is -0.484 e. The van der Waals surface area contributed by atoms with Gasteiger partial charge in [-0.25, -0.2) is 4.79 Å². The van der Waals surface area contributed by atoms with Gasteiger partial charge < -0.3 is 15.2 Å². The first kappa shape index (κ1) is 14.0. The highest BCUT2D eigenvalue weighted by molar-refractivity contribution is 5.84. The molecule has 1 amide bonds. The van der Waals surface area contributed by atoms with E-state index in [1.165, 1.54) is 0 Å². The minimum absolute atomic E-state index is 0.187. The van der Waals surface area contributed by atoms with Crippen LogP contribution in [0.25, 0.3) is 0 Å². The molecule has 5 nitrogen and oxygen atoms in total. The molecular weight excluding hydrogens is 234 g/mol. The van der Waals surface area contributed by atoms with Crippen LogP contribution >= 0.6 is 0 Å². The number of carbonyl (C=O) groups is 2. The molecule has 0 bridgehead atoms. The second-order valence-corrected chi connectivity index (χ2v) is 3.97. The third kappa shape index (κ3) is 4.45. The van der Waals surface area contributed by atoms with Crippen molar-refractivity contribution in [2.24, 2.45) is 0 Å². The topological polar surface area (TPSA) is 75.6 Å². The largest absolute Gasteiger partial charge is 0.484 e. The van der Waals surface area contributed by atoms with Gasteiger partial charge >= 0.3 is 5.97 Å². The lowest BCUT2D eigenvalue weighted by Gasteiger charge is -2.12. The molecule has 1 atom stereocenters. The lowest BCUT2D eigenvalue weighted by atomic mass is 10.2. The lowest BCUT2D eigenvalue weighted by Crippen LogP contribution is -2.42. The highest BCUT2D eigenvalue weighted by Gasteiger charge is 2.17. The van der Waals surface area contributed by atoms with Crippen LogP contribution in [0.3, 0.4) is 0 Å². The lowest BCUT2D eigenvalue weighted by molar-refractivity contribution is -0.142. The number of amides is 1. The molecule has 0 saturated carbocycles. The predicted molar refractivity (Wildman–Crippen MR) is 66.5 cm³/mol. The Kier molecular flexibility index (Phi) is 5.17. The summed E-state index contributed by atoms with van der Waals surface area (Å²) in [6.07, 6.45) is 0.339. The first-order chi connectivity index (χ1) is 8.52. The second-order valence-electron chi connectivity index (χ2n) is 3.97. The van der Waals surface area contributed by atoms with Crippen molar-refractivity contribution in [1.82, 2.24) is 5.32 Å². The fraction of sp³-hybridized carbons (Fsp3) is 0.385. The van der Waals surface area contributed by atoms with Crippen molar-refractivity contribution in [2.75, 3.05) is 6.61 Å². The Morgan fingerprint density at radius 2 is 2.17 bits per heavy atom. The van der Waals surface area contributed by atoms with E-state index in [-0.39, 0.29) is 6.61 Å². The van der Waals surface area contributed by atoms with Gasteiger partial charge in [-0.05, 0) is 31.0 Å². The molecule has 0 aromatic heterocycles. The van der Waals surface area contributed by atoms with E-state index in [2.05, 4.69) is 5.32 Å². The number of hydrogen-bond donors (Lipinski definition) is 2. The molecule has 0 heterocycles. The molecule has 1 aromatic carbocycles. The number of benzene rings is 1. The zero-order valence-electron chi connectivity index (χ0n) is 10.5. The number of nitrogens with one attached hydrogen (secondary N) is 1. The molecule has 0 spiro atoms. The van der Waals surface area contributed by atoms with Gasteiger partial charge in [0, 0.05) is 0 Å². The average molecular weight is 251 g/mol. The van der Waals surface area contributed by atoms with Crippen LogP contribution in [0.4, 0.5) is 0 Å². The van der Waals surface area contributed by atoms with Crippen molar-refractivity contribution in [3.05, 3.63) is 29.8 Å². The summed E-state index contributed by atoms with van der Waals surface area (Å²) in [5, 5.41) is 11.2. The number of ether oxygens (including phenoxy) is 1. The van der Waals surface area contributed by atoms with Gasteiger partial charge in [-0.2, -0.15) is 0 Å². The number of carbonyl (C=O) groups excluding carboxylic acids is 1. The SMILES string of the molecule is CC[C@@H](NC(=O)COc1cccc(C)c1)C(=O)O. The van der Waals surface area contributed by atoms with Crippen molar-refractivity contribution in [1.29, 1.82) is 0 Å². The number of carboxylic acid groups (broad SMARTS) is 1. The van der Waals surface area contributed by atoms with Crippen LogP contribution in [0.2, 0.25) is 0 Å². The molecule has 0 radical (unpaired) electrons. The molecule has 1 rings (SSSR count). The van der Waals surface area contributed by atoms with Crippen molar-refractivity contribution < 1.29 is 19.4 Å². The summed E-state index contributed by atoms with van der Waals surface area (Å²) in [5.41, 5.74) is 1.03. The normalized spacial score (nSPS) is 11.7. The van der Waals surface area contributed by atoms with Crippen molar-refractivity contribution in [2.45, 2.75) is 26.3 Å². The van der Waals surface area contributed by atoms with Gasteiger partial charge in [0.15, 0.2) is 6.61 Å². The first-order valence-electron chi connectivity index (χ1n) is 5.74. The Bertz CT molecular complexity index is 431. The number of rotatable bonds is 6. The first-order valence-corrected chi connectivity index (χ1v) is 5.74. The summed E-state index contributed by atoms with van der Waals surface area (Å²) in [5.74, 6) is -0.888. The van der Waals surface area contributed by atoms with E-state index in [0.717, 1.165) is 5.56 Å². The summed E-state index contributed by atoms with van der Waals surface area (Å²) in [6, 6.07) is 6.44. The molecule has 0 aliphatic heterocycles. The Morgan fingerprint density at radius 1 is 1.44 bits per heavy atom. The third-order valence-corrected chi connectivity index (χ3v) is 2.40. The molecular formula is C13H17NO4. The maximum absolute atomic E-state index is 11.5. The van der Waals surface area contributed by atoms with E-state index in [1.54, 1.807) is 13.0 Å². The van der Waals surface area contributed by atoms with Gasteiger partial charge in [-0.3, -0.25) is 4.79 Å². The average Bonchev–Trinajstić information content (AvgIpc) is 2.33. The Morgan fingerprint density at radius 3 is 2.72 bits per heavy atom. The van der Waals surface area contributed by atoms with Crippen molar-refractivity contribution in [3.8, 4) is 5.75 Å². The zero-order valence-corrected chi connectivity index (χ0v) is 10.5. The molecule has 0 saturated heterocycles. The van der Waals surface area contributed by atoms with Crippen LogP contribution in [-0.2, 0) is 9.59 Å². The van der Waals surface area contributed by atoms with Crippen LogP contribution in [0.5, 0.6) is 5.75 Å². The van der Waals surface area contributed by atoms with Gasteiger partial charge in [-0.1, -0.05) is 19.1 Å². The van der Waals surface area contributed by atoms with Crippen LogP contribution in [-0.4, -0.2) is 29.6 Å². The van der Waals surface area contributed by atoms with Crippen LogP contribution < -0.4 is 10.1 Å². The Hall–Kier alpha value is -2.04. The fourth-order valence-corrected chi connectivity index (χ4v) is 1.43. The van der Waals surface area contributed by atoms with Gasteiger partial charge in [0.1, 0.15) is 11.8 Å². The molecule has 0 unspecified atom stereocenters. The number of aliphatic carboxylic acids is 1. The highest BCUT2D eigenvalue weighted by Crippen LogP contribution is 2.11. The van der Waals surface area contributed by atoms with Crippen LogP contribution in [0, 0.1) is 6.92 Å². The van der Waals surface area contributed by atoms with E-state index in [1.807, 2.05) is 25.1 Å². The summed E-state index contributed by atoms with van der Waals surface area (Å²) in [4.78, 5) is 22.2.